The average Bonchev–Trinajstić information content (AvgIpc) is 3.02. The minimum absolute atomic E-state index is 0.0774. The van der Waals surface area contributed by atoms with Crippen molar-refractivity contribution in [1.29, 1.82) is 0 Å². The number of hydrogen-bond donors (Lipinski definition) is 1. The van der Waals surface area contributed by atoms with Gasteiger partial charge < -0.3 is 10.2 Å². The number of sulfonamides is 1. The van der Waals surface area contributed by atoms with Crippen LogP contribution >= 0.6 is 15.9 Å². The molecule has 0 aliphatic heterocycles. The number of amides is 2. The van der Waals surface area contributed by atoms with Gasteiger partial charge in [-0.05, 0) is 67.8 Å². The summed E-state index contributed by atoms with van der Waals surface area (Å²) in [4.78, 5) is 29.9. The smallest absolute Gasteiger partial charge is 0.264 e. The number of carbonyl (C=O) groups excluding carboxylic acids is 2. The van der Waals surface area contributed by atoms with Crippen LogP contribution in [0.4, 0.5) is 5.69 Å². The van der Waals surface area contributed by atoms with Crippen molar-refractivity contribution < 1.29 is 18.0 Å². The summed E-state index contributed by atoms with van der Waals surface area (Å²) in [6, 6.07) is 31.2. The molecule has 0 aromatic heterocycles. The van der Waals surface area contributed by atoms with Crippen molar-refractivity contribution in [2.24, 2.45) is 0 Å². The van der Waals surface area contributed by atoms with Crippen molar-refractivity contribution in [3.05, 3.63) is 130 Å². The summed E-state index contributed by atoms with van der Waals surface area (Å²) >= 11 is 3.51. The van der Waals surface area contributed by atoms with Gasteiger partial charge in [-0.3, -0.25) is 13.9 Å². The zero-order valence-electron chi connectivity index (χ0n) is 25.2. The lowest BCUT2D eigenvalue weighted by molar-refractivity contribution is -0.140. The van der Waals surface area contributed by atoms with Crippen molar-refractivity contribution in [2.75, 3.05) is 10.8 Å². The largest absolute Gasteiger partial charge is 0.352 e. The molecule has 9 heteroatoms. The fourth-order valence-electron chi connectivity index (χ4n) is 4.79. The molecule has 0 radical (unpaired) electrons. The molecule has 2 atom stereocenters. The minimum Gasteiger partial charge on any atom is -0.352 e. The van der Waals surface area contributed by atoms with Crippen LogP contribution in [0.5, 0.6) is 0 Å². The number of aryl methyl sites for hydroxylation is 1. The predicted octanol–water partition coefficient (Wildman–Crippen LogP) is 6.51. The Bertz CT molecular complexity index is 1650. The number of halogens is 1. The van der Waals surface area contributed by atoms with Crippen LogP contribution < -0.4 is 9.62 Å². The summed E-state index contributed by atoms with van der Waals surface area (Å²) < 4.78 is 30.1. The minimum atomic E-state index is -4.13. The third kappa shape index (κ3) is 8.57. The SMILES string of the molecule is CC[C@H](C)NC(=O)[C@H](Cc1ccccc1)N(Cc1cccc(Br)c1)C(=O)CN(c1ccccc1)S(=O)(=O)c1ccc(C)cc1. The Morgan fingerprint density at radius 2 is 1.45 bits per heavy atom. The van der Waals surface area contributed by atoms with Gasteiger partial charge in [0.15, 0.2) is 0 Å². The highest BCUT2D eigenvalue weighted by Gasteiger charge is 2.35. The Balaban J connectivity index is 1.79. The summed E-state index contributed by atoms with van der Waals surface area (Å²) in [5.74, 6) is -0.788. The number of anilines is 1. The number of nitrogens with one attached hydrogen (secondary N) is 1. The molecular weight excluding hydrogens is 638 g/mol. The molecule has 4 aromatic carbocycles. The fourth-order valence-corrected chi connectivity index (χ4v) is 6.65. The summed E-state index contributed by atoms with van der Waals surface area (Å²) in [6.07, 6.45) is 0.985. The van der Waals surface area contributed by atoms with Gasteiger partial charge in [0, 0.05) is 23.5 Å². The van der Waals surface area contributed by atoms with Crippen LogP contribution in [0.25, 0.3) is 0 Å². The van der Waals surface area contributed by atoms with E-state index in [4.69, 9.17) is 0 Å². The van der Waals surface area contributed by atoms with Crippen LogP contribution in [0.3, 0.4) is 0 Å². The van der Waals surface area contributed by atoms with E-state index in [0.29, 0.717) is 5.69 Å². The van der Waals surface area contributed by atoms with Gasteiger partial charge >= 0.3 is 0 Å². The second kappa shape index (κ2) is 15.2. The van der Waals surface area contributed by atoms with Crippen LogP contribution in [-0.2, 0) is 32.6 Å². The zero-order valence-corrected chi connectivity index (χ0v) is 27.6. The fraction of sp³-hybridized carbons (Fsp3) is 0.257. The second-order valence-electron chi connectivity index (χ2n) is 10.8. The lowest BCUT2D eigenvalue weighted by Crippen LogP contribution is -2.54. The van der Waals surface area contributed by atoms with Gasteiger partial charge in [0.05, 0.1) is 10.6 Å². The molecular formula is C35H38BrN3O4S. The Hall–Kier alpha value is -3.95. The normalized spacial score (nSPS) is 12.6. The van der Waals surface area contributed by atoms with E-state index >= 15 is 0 Å². The third-order valence-corrected chi connectivity index (χ3v) is 9.73. The van der Waals surface area contributed by atoms with Crippen molar-refractivity contribution in [2.45, 2.75) is 57.1 Å². The van der Waals surface area contributed by atoms with Crippen molar-refractivity contribution in [1.82, 2.24) is 10.2 Å². The van der Waals surface area contributed by atoms with Gasteiger partial charge in [0.25, 0.3) is 10.0 Å². The lowest BCUT2D eigenvalue weighted by Gasteiger charge is -2.34. The average molecular weight is 677 g/mol. The van der Waals surface area contributed by atoms with E-state index in [0.717, 1.165) is 31.9 Å². The van der Waals surface area contributed by atoms with Gasteiger partial charge in [0.1, 0.15) is 12.6 Å². The van der Waals surface area contributed by atoms with E-state index in [9.17, 15) is 18.0 Å². The molecule has 0 heterocycles. The van der Waals surface area contributed by atoms with Crippen LogP contribution in [0.2, 0.25) is 0 Å². The highest BCUT2D eigenvalue weighted by atomic mass is 79.9. The Morgan fingerprint density at radius 1 is 0.841 bits per heavy atom. The lowest BCUT2D eigenvalue weighted by atomic mass is 10.0. The number of benzene rings is 4. The molecule has 230 valence electrons. The topological polar surface area (TPSA) is 86.8 Å². The number of para-hydroxylation sites is 1. The highest BCUT2D eigenvalue weighted by Crippen LogP contribution is 2.25. The maximum Gasteiger partial charge on any atom is 0.264 e. The molecule has 0 bridgehead atoms. The first-order valence-corrected chi connectivity index (χ1v) is 16.8. The quantitative estimate of drug-likeness (QED) is 0.175. The van der Waals surface area contributed by atoms with Gasteiger partial charge in [-0.1, -0.05) is 101 Å². The van der Waals surface area contributed by atoms with E-state index in [-0.39, 0.29) is 29.8 Å². The maximum absolute atomic E-state index is 14.5. The molecule has 0 saturated heterocycles. The summed E-state index contributed by atoms with van der Waals surface area (Å²) in [5.41, 5.74) is 2.96. The number of rotatable bonds is 13. The summed E-state index contributed by atoms with van der Waals surface area (Å²) in [5, 5.41) is 3.05. The summed E-state index contributed by atoms with van der Waals surface area (Å²) in [7, 11) is -4.13. The molecule has 0 unspecified atom stereocenters. The molecule has 2 amide bonds. The predicted molar refractivity (Wildman–Crippen MR) is 179 cm³/mol. The zero-order chi connectivity index (χ0) is 31.7. The standard InChI is InChI=1S/C35H38BrN3O4S/c1-4-27(3)37-35(41)33(23-28-12-7-5-8-13-28)38(24-29-14-11-15-30(36)22-29)34(40)25-39(31-16-9-6-10-17-31)44(42,43)32-20-18-26(2)19-21-32/h5-22,27,33H,4,23-25H2,1-3H3,(H,37,41)/t27-,33-/m0/s1. The monoisotopic (exact) mass is 675 g/mol. The van der Waals surface area contributed by atoms with E-state index in [1.165, 1.54) is 4.90 Å². The van der Waals surface area contributed by atoms with E-state index < -0.39 is 28.5 Å². The number of carbonyl (C=O) groups is 2. The molecule has 0 fully saturated rings. The van der Waals surface area contributed by atoms with Gasteiger partial charge in [0.2, 0.25) is 11.8 Å². The van der Waals surface area contributed by atoms with Crippen LogP contribution in [0.15, 0.2) is 119 Å². The molecule has 7 nitrogen and oxygen atoms in total. The van der Waals surface area contributed by atoms with Crippen molar-refractivity contribution >= 4 is 43.5 Å². The molecule has 0 aliphatic carbocycles. The van der Waals surface area contributed by atoms with E-state index in [2.05, 4.69) is 21.2 Å². The van der Waals surface area contributed by atoms with Gasteiger partial charge in [-0.25, -0.2) is 8.42 Å². The molecule has 0 aliphatic rings. The van der Waals surface area contributed by atoms with Gasteiger partial charge in [-0.2, -0.15) is 0 Å². The van der Waals surface area contributed by atoms with Gasteiger partial charge in [-0.15, -0.1) is 0 Å². The molecule has 1 N–H and O–H groups in total. The molecule has 4 aromatic rings. The Kier molecular flexibility index (Phi) is 11.4. The molecule has 44 heavy (non-hydrogen) atoms. The summed E-state index contributed by atoms with van der Waals surface area (Å²) in [6.45, 7) is 5.40. The first kappa shape index (κ1) is 33.0. The molecule has 4 rings (SSSR count). The molecule has 0 spiro atoms. The van der Waals surface area contributed by atoms with Crippen molar-refractivity contribution in [3.8, 4) is 0 Å². The Morgan fingerprint density at radius 3 is 2.07 bits per heavy atom. The number of hydrogen-bond acceptors (Lipinski definition) is 4. The van der Waals surface area contributed by atoms with Crippen molar-refractivity contribution in [3.63, 3.8) is 0 Å². The first-order valence-electron chi connectivity index (χ1n) is 14.6. The number of nitrogens with zero attached hydrogens (tertiary/aromatic N) is 2. The highest BCUT2D eigenvalue weighted by molar-refractivity contribution is 9.10. The van der Waals surface area contributed by atoms with E-state index in [1.807, 2.05) is 75.4 Å². The maximum atomic E-state index is 14.5. The first-order chi connectivity index (χ1) is 21.1. The van der Waals surface area contributed by atoms with E-state index in [1.54, 1.807) is 54.6 Å². The van der Waals surface area contributed by atoms with Crippen LogP contribution in [0.1, 0.15) is 37.0 Å². The van der Waals surface area contributed by atoms with Crippen LogP contribution in [0, 0.1) is 6.92 Å². The molecule has 0 saturated carbocycles. The Labute approximate surface area is 269 Å². The van der Waals surface area contributed by atoms with Crippen LogP contribution in [-0.4, -0.2) is 43.8 Å². The second-order valence-corrected chi connectivity index (χ2v) is 13.6. The third-order valence-electron chi connectivity index (χ3n) is 7.45.